The van der Waals surface area contributed by atoms with E-state index in [-0.39, 0.29) is 5.69 Å². The summed E-state index contributed by atoms with van der Waals surface area (Å²) < 4.78 is 23.6. The molecule has 0 aliphatic heterocycles. The Hall–Kier alpha value is -3.20. The topological polar surface area (TPSA) is 108 Å². The number of carbonyl (C=O) groups is 2. The number of ether oxygens (including phenoxy) is 2. The summed E-state index contributed by atoms with van der Waals surface area (Å²) in [6.07, 6.45) is -0.986. The molecule has 0 radical (unpaired) electrons. The van der Waals surface area contributed by atoms with E-state index in [1.165, 1.54) is 6.92 Å². The summed E-state index contributed by atoms with van der Waals surface area (Å²) in [5.74, 6) is -2.12. The van der Waals surface area contributed by atoms with E-state index in [0.29, 0.717) is 10.8 Å². The molecule has 2 aromatic carbocycles. The Bertz CT molecular complexity index is 921. The Labute approximate surface area is 164 Å². The van der Waals surface area contributed by atoms with E-state index in [9.17, 15) is 24.1 Å². The highest BCUT2D eigenvalue weighted by atomic mass is 35.5. The maximum absolute atomic E-state index is 13.3. The minimum atomic E-state index is -1.03. The van der Waals surface area contributed by atoms with E-state index in [1.54, 1.807) is 25.1 Å². The molecule has 2 rings (SSSR count). The molecular formula is C18H16ClFN2O6. The first-order valence-electron chi connectivity index (χ1n) is 8.00. The van der Waals surface area contributed by atoms with Gasteiger partial charge < -0.3 is 14.8 Å². The van der Waals surface area contributed by atoms with E-state index in [0.717, 1.165) is 23.8 Å². The van der Waals surface area contributed by atoms with Crippen LogP contribution in [-0.2, 0) is 14.3 Å². The summed E-state index contributed by atoms with van der Waals surface area (Å²) in [4.78, 5) is 33.6. The molecule has 8 nitrogen and oxygen atoms in total. The van der Waals surface area contributed by atoms with Crippen LogP contribution in [0.2, 0.25) is 5.02 Å². The van der Waals surface area contributed by atoms with Gasteiger partial charge in [0.15, 0.2) is 12.7 Å². The monoisotopic (exact) mass is 410 g/mol. The van der Waals surface area contributed by atoms with Crippen molar-refractivity contribution in [2.24, 2.45) is 0 Å². The third-order valence-electron chi connectivity index (χ3n) is 3.54. The lowest BCUT2D eigenvalue weighted by atomic mass is 10.2. The lowest BCUT2D eigenvalue weighted by Crippen LogP contribution is -2.30. The van der Waals surface area contributed by atoms with E-state index in [1.807, 2.05) is 0 Å². The van der Waals surface area contributed by atoms with Crippen LogP contribution in [-0.4, -0.2) is 29.5 Å². The van der Waals surface area contributed by atoms with Gasteiger partial charge in [-0.2, -0.15) is 4.39 Å². The van der Waals surface area contributed by atoms with Gasteiger partial charge in [0.2, 0.25) is 5.82 Å². The number of carbonyl (C=O) groups excluding carboxylic acids is 2. The Morgan fingerprint density at radius 2 is 2.00 bits per heavy atom. The largest absolute Gasteiger partial charge is 0.479 e. The van der Waals surface area contributed by atoms with Gasteiger partial charge in [0.25, 0.3) is 5.91 Å². The van der Waals surface area contributed by atoms with Crippen molar-refractivity contribution < 1.29 is 28.4 Å². The Balaban J connectivity index is 1.89. The number of hydrogen-bond acceptors (Lipinski definition) is 6. The van der Waals surface area contributed by atoms with Crippen molar-refractivity contribution in [2.75, 3.05) is 11.9 Å². The van der Waals surface area contributed by atoms with Gasteiger partial charge >= 0.3 is 11.7 Å². The van der Waals surface area contributed by atoms with Crippen LogP contribution >= 0.6 is 11.6 Å². The number of aryl methyl sites for hydroxylation is 1. The maximum atomic E-state index is 13.3. The molecule has 1 unspecified atom stereocenters. The van der Waals surface area contributed by atoms with Gasteiger partial charge in [-0.15, -0.1) is 0 Å². The summed E-state index contributed by atoms with van der Waals surface area (Å²) in [7, 11) is 0. The number of benzene rings is 2. The molecule has 0 saturated carbocycles. The fraction of sp³-hybridized carbons (Fsp3) is 0.222. The number of nitrogens with one attached hydrogen (secondary N) is 1. The molecule has 0 aromatic heterocycles. The van der Waals surface area contributed by atoms with Gasteiger partial charge in [-0.25, -0.2) is 4.79 Å². The number of hydrogen-bond donors (Lipinski definition) is 1. The fourth-order valence-corrected chi connectivity index (χ4v) is 2.39. The number of nitro benzene ring substituents is 1. The van der Waals surface area contributed by atoms with Gasteiger partial charge in [-0.3, -0.25) is 14.9 Å². The molecule has 0 fully saturated rings. The minimum absolute atomic E-state index is 0.00441. The Morgan fingerprint density at radius 3 is 2.64 bits per heavy atom. The molecule has 10 heteroatoms. The van der Waals surface area contributed by atoms with Crippen molar-refractivity contribution in [3.63, 3.8) is 0 Å². The van der Waals surface area contributed by atoms with Crippen LogP contribution in [0.4, 0.5) is 15.8 Å². The number of esters is 1. The average molecular weight is 411 g/mol. The molecule has 0 saturated heterocycles. The fourth-order valence-electron chi connectivity index (χ4n) is 2.17. The lowest BCUT2D eigenvalue weighted by Gasteiger charge is -2.15. The molecule has 1 amide bonds. The Kier molecular flexibility index (Phi) is 6.89. The van der Waals surface area contributed by atoms with E-state index < -0.39 is 41.0 Å². The van der Waals surface area contributed by atoms with E-state index in [4.69, 9.17) is 21.1 Å². The minimum Gasteiger partial charge on any atom is -0.479 e. The first-order valence-corrected chi connectivity index (χ1v) is 8.38. The molecule has 28 heavy (non-hydrogen) atoms. The van der Waals surface area contributed by atoms with Crippen LogP contribution in [0, 0.1) is 22.9 Å². The van der Waals surface area contributed by atoms with Crippen molar-refractivity contribution in [1.82, 2.24) is 0 Å². The first-order chi connectivity index (χ1) is 13.2. The van der Waals surface area contributed by atoms with Crippen molar-refractivity contribution in [3.05, 3.63) is 62.9 Å². The summed E-state index contributed by atoms with van der Waals surface area (Å²) >= 11 is 5.85. The Morgan fingerprint density at radius 1 is 1.29 bits per heavy atom. The second kappa shape index (κ2) is 9.14. The molecule has 148 valence electrons. The average Bonchev–Trinajstić information content (AvgIpc) is 2.63. The van der Waals surface area contributed by atoms with Crippen molar-refractivity contribution in [3.8, 4) is 5.75 Å². The van der Waals surface area contributed by atoms with Crippen molar-refractivity contribution >= 4 is 34.9 Å². The quantitative estimate of drug-likeness (QED) is 0.424. The zero-order chi connectivity index (χ0) is 20.8. The van der Waals surface area contributed by atoms with E-state index in [2.05, 4.69) is 5.32 Å². The standard InChI is InChI=1S/C18H16ClFN2O6/c1-10-7-12(19)3-6-16(10)28-11(2)18(24)27-9-17(23)21-13-4-5-14(20)15(8-13)22(25)26/h3-8,11H,9H2,1-2H3,(H,21,23). The number of halogens is 2. The summed E-state index contributed by atoms with van der Waals surface area (Å²) in [5.41, 5.74) is -0.0619. The summed E-state index contributed by atoms with van der Waals surface area (Å²) in [5, 5.41) is 13.5. The predicted molar refractivity (Wildman–Crippen MR) is 98.9 cm³/mol. The highest BCUT2D eigenvalue weighted by molar-refractivity contribution is 6.30. The zero-order valence-corrected chi connectivity index (χ0v) is 15.7. The number of amides is 1. The third-order valence-corrected chi connectivity index (χ3v) is 3.78. The van der Waals surface area contributed by atoms with Crippen molar-refractivity contribution in [2.45, 2.75) is 20.0 Å². The number of nitrogens with zero attached hydrogens (tertiary/aromatic N) is 1. The molecule has 0 aliphatic carbocycles. The van der Waals surface area contributed by atoms with Gasteiger partial charge in [-0.05, 0) is 49.7 Å². The smallest absolute Gasteiger partial charge is 0.347 e. The van der Waals surface area contributed by atoms with Gasteiger partial charge in [0, 0.05) is 16.8 Å². The first kappa shape index (κ1) is 21.1. The lowest BCUT2D eigenvalue weighted by molar-refractivity contribution is -0.387. The molecule has 0 aliphatic rings. The SMILES string of the molecule is Cc1cc(Cl)ccc1OC(C)C(=O)OCC(=O)Nc1ccc(F)c([N+](=O)[O-])c1. The molecule has 1 atom stereocenters. The normalized spacial score (nSPS) is 11.4. The van der Waals surface area contributed by atoms with Crippen LogP contribution in [0.1, 0.15) is 12.5 Å². The maximum Gasteiger partial charge on any atom is 0.347 e. The van der Waals surface area contributed by atoms with Crippen LogP contribution < -0.4 is 10.1 Å². The highest BCUT2D eigenvalue weighted by Gasteiger charge is 2.20. The second-order valence-corrected chi connectivity index (χ2v) is 6.19. The molecule has 0 spiro atoms. The van der Waals surface area contributed by atoms with Crippen LogP contribution in [0.3, 0.4) is 0 Å². The number of nitro groups is 1. The van der Waals surface area contributed by atoms with E-state index >= 15 is 0 Å². The highest BCUT2D eigenvalue weighted by Crippen LogP contribution is 2.23. The zero-order valence-electron chi connectivity index (χ0n) is 14.9. The summed E-state index contributed by atoms with van der Waals surface area (Å²) in [6.45, 7) is 2.57. The van der Waals surface area contributed by atoms with Crippen molar-refractivity contribution in [1.29, 1.82) is 0 Å². The van der Waals surface area contributed by atoms with Gasteiger partial charge in [0.05, 0.1) is 4.92 Å². The summed E-state index contributed by atoms with van der Waals surface area (Å²) in [6, 6.07) is 7.75. The molecule has 0 bridgehead atoms. The van der Waals surface area contributed by atoms with Gasteiger partial charge in [0.1, 0.15) is 5.75 Å². The number of anilines is 1. The third kappa shape index (κ3) is 5.65. The van der Waals surface area contributed by atoms with Crippen LogP contribution in [0.5, 0.6) is 5.75 Å². The molecule has 0 heterocycles. The molecular weight excluding hydrogens is 395 g/mol. The second-order valence-electron chi connectivity index (χ2n) is 5.75. The van der Waals surface area contributed by atoms with Gasteiger partial charge in [-0.1, -0.05) is 11.6 Å². The van der Waals surface area contributed by atoms with Crippen LogP contribution in [0.15, 0.2) is 36.4 Å². The molecule has 2 aromatic rings. The number of rotatable bonds is 7. The molecule has 1 N–H and O–H groups in total. The van der Waals surface area contributed by atoms with Crippen LogP contribution in [0.25, 0.3) is 0 Å². The predicted octanol–water partition coefficient (Wildman–Crippen LogP) is 3.64.